The van der Waals surface area contributed by atoms with E-state index in [9.17, 15) is 24.3 Å². The largest absolute Gasteiger partial charge is 0.439 e. The van der Waals surface area contributed by atoms with Crippen molar-refractivity contribution in [3.05, 3.63) is 82.2 Å². The van der Waals surface area contributed by atoms with Crippen LogP contribution >= 0.6 is 0 Å². The molecule has 5 N–H and O–H groups in total. The molecule has 0 unspecified atom stereocenters. The number of aliphatic hydroxyl groups excluding tert-OH is 1. The number of morpholine rings is 1. The number of ether oxygens (including phenoxy) is 4. The van der Waals surface area contributed by atoms with Crippen molar-refractivity contribution in [3.63, 3.8) is 0 Å². The molecule has 2 amide bonds. The molecular formula is C42H59N5O9. The fraction of sp³-hybridized carbons (Fsp3) is 0.524. The number of carbonyl (C=O) groups excluding carboxylic acids is 4. The van der Waals surface area contributed by atoms with Crippen LogP contribution in [-0.2, 0) is 33.3 Å². The van der Waals surface area contributed by atoms with E-state index in [-0.39, 0.29) is 40.5 Å². The number of nitrogens with two attached hydrogens (primary N) is 1. The van der Waals surface area contributed by atoms with Crippen LogP contribution in [0.5, 0.6) is 0 Å². The van der Waals surface area contributed by atoms with Crippen LogP contribution in [0.4, 0.5) is 10.5 Å². The molecule has 1 aromatic carbocycles. The summed E-state index contributed by atoms with van der Waals surface area (Å²) < 4.78 is 22.4. The third-order valence-electron chi connectivity index (χ3n) is 10.3. The average Bonchev–Trinajstić information content (AvgIpc) is 3.17. The predicted molar refractivity (Wildman–Crippen MR) is 214 cm³/mol. The molecular weight excluding hydrogens is 718 g/mol. The van der Waals surface area contributed by atoms with Crippen molar-refractivity contribution < 1.29 is 43.2 Å². The molecule has 2 bridgehead atoms. The number of hydrogen-bond acceptors (Lipinski definition) is 12. The van der Waals surface area contributed by atoms with E-state index in [1.165, 1.54) is 20.3 Å². The Morgan fingerprint density at radius 2 is 1.73 bits per heavy atom. The van der Waals surface area contributed by atoms with Gasteiger partial charge in [-0.05, 0) is 70.0 Å². The molecule has 6 atom stereocenters. The predicted octanol–water partition coefficient (Wildman–Crippen LogP) is 3.28. The van der Waals surface area contributed by atoms with Crippen LogP contribution in [0.1, 0.15) is 46.1 Å². The van der Waals surface area contributed by atoms with E-state index < -0.39 is 53.9 Å². The van der Waals surface area contributed by atoms with Crippen LogP contribution in [0.15, 0.2) is 76.7 Å². The Kier molecular flexibility index (Phi) is 16.2. The summed E-state index contributed by atoms with van der Waals surface area (Å²) in [4.78, 5) is 59.5. The monoisotopic (exact) mass is 777 g/mol. The zero-order valence-electron chi connectivity index (χ0n) is 33.9. The molecule has 1 aromatic rings. The highest BCUT2D eigenvalue weighted by atomic mass is 16.6. The van der Waals surface area contributed by atoms with Gasteiger partial charge in [0.15, 0.2) is 6.10 Å². The maximum atomic E-state index is 14.8. The van der Waals surface area contributed by atoms with E-state index in [1.807, 2.05) is 45.0 Å². The van der Waals surface area contributed by atoms with E-state index in [2.05, 4.69) is 15.5 Å². The van der Waals surface area contributed by atoms with Crippen LogP contribution in [-0.4, -0.2) is 126 Å². The van der Waals surface area contributed by atoms with Crippen LogP contribution in [0, 0.1) is 11.8 Å². The molecule has 2 aliphatic heterocycles. The summed E-state index contributed by atoms with van der Waals surface area (Å²) >= 11 is 0. The first-order chi connectivity index (χ1) is 26.7. The Morgan fingerprint density at radius 3 is 2.34 bits per heavy atom. The first-order valence-electron chi connectivity index (χ1n) is 19.1. The smallest absolute Gasteiger partial charge is 0.405 e. The number of nitrogens with zero attached hydrogens (tertiary/aromatic N) is 2. The molecule has 0 aromatic heterocycles. The number of Topliss-reactive ketones (excluding diaryl/α,β-unsaturated/α-hetero) is 2. The molecule has 3 aliphatic rings. The Labute approximate surface area is 330 Å². The van der Waals surface area contributed by atoms with Gasteiger partial charge in [-0.3, -0.25) is 14.4 Å². The quantitative estimate of drug-likeness (QED) is 0.213. The second-order valence-corrected chi connectivity index (χ2v) is 15.0. The van der Waals surface area contributed by atoms with E-state index in [4.69, 9.17) is 24.7 Å². The molecule has 1 saturated heterocycles. The molecule has 306 valence electrons. The van der Waals surface area contributed by atoms with Gasteiger partial charge in [-0.2, -0.15) is 0 Å². The summed E-state index contributed by atoms with van der Waals surface area (Å²) in [5.41, 5.74) is 8.09. The number of amides is 2. The highest BCUT2D eigenvalue weighted by Crippen LogP contribution is 2.35. The summed E-state index contributed by atoms with van der Waals surface area (Å²) in [6.07, 6.45) is 2.58. The lowest BCUT2D eigenvalue weighted by molar-refractivity contribution is -0.120. The summed E-state index contributed by atoms with van der Waals surface area (Å²) in [6, 6.07) is 7.41. The number of primary amides is 1. The van der Waals surface area contributed by atoms with Crippen LogP contribution in [0.2, 0.25) is 0 Å². The Balaban J connectivity index is 1.87. The van der Waals surface area contributed by atoms with Crippen molar-refractivity contribution >= 4 is 34.8 Å². The van der Waals surface area contributed by atoms with Gasteiger partial charge in [0.05, 0.1) is 36.7 Å². The van der Waals surface area contributed by atoms with E-state index in [0.717, 1.165) is 18.8 Å². The fourth-order valence-electron chi connectivity index (χ4n) is 7.19. The molecule has 14 heteroatoms. The molecule has 0 radical (unpaired) electrons. The number of hydrogen-bond donors (Lipinski definition) is 4. The van der Waals surface area contributed by atoms with Gasteiger partial charge in [0.1, 0.15) is 11.8 Å². The van der Waals surface area contributed by atoms with Crippen LogP contribution in [0.25, 0.3) is 5.57 Å². The Hall–Kier alpha value is -4.60. The lowest BCUT2D eigenvalue weighted by Crippen LogP contribution is -2.40. The standard InChI is InChI=1S/C42H59N5O9/c1-25-22-31-35(44-16-17-46(5)6)39(50)34(29-12-14-30(15-13-29)47-18-20-55-21-19-47)36(38(31)49)45-41(51)26(2)10-9-11-32(53-7)40(56-42(43)52)28(4)24-27(3)37(48)33(23-25)54-8/h9-15,24-25,27,32-33,37,40,44,48H,16-23H2,1-8H3,(H2,43,52)(H,45,51)/b11-9-,26-10+,28-24+/t25-,27+,32+,33+,37-,40+/m1/s1. The van der Waals surface area contributed by atoms with Gasteiger partial charge in [-0.15, -0.1) is 0 Å². The highest BCUT2D eigenvalue weighted by Gasteiger charge is 2.38. The first-order valence-corrected chi connectivity index (χ1v) is 19.1. The van der Waals surface area contributed by atoms with Crippen molar-refractivity contribution in [1.82, 2.24) is 15.5 Å². The number of likely N-dealkylation sites (N-methyl/N-ethyl adjacent to an activating group) is 1. The van der Waals surface area contributed by atoms with Gasteiger partial charge < -0.3 is 50.2 Å². The third kappa shape index (κ3) is 11.3. The Bertz CT molecular complexity index is 1740. The zero-order valence-corrected chi connectivity index (χ0v) is 33.9. The van der Waals surface area contributed by atoms with Gasteiger partial charge in [0.25, 0.3) is 5.91 Å². The number of methoxy groups -OCH3 is 2. The number of benzene rings is 1. The van der Waals surface area contributed by atoms with Crippen molar-refractivity contribution in [2.75, 3.05) is 72.6 Å². The van der Waals surface area contributed by atoms with Crippen LogP contribution < -0.4 is 21.3 Å². The minimum atomic E-state index is -1.01. The number of nitrogens with one attached hydrogen (secondary N) is 2. The molecule has 4 rings (SSSR count). The summed E-state index contributed by atoms with van der Waals surface area (Å²) in [6.45, 7) is 10.7. The number of allylic oxidation sites excluding steroid dienone is 4. The molecule has 0 spiro atoms. The summed E-state index contributed by atoms with van der Waals surface area (Å²) in [5, 5.41) is 17.6. The number of carbonyl (C=O) groups is 4. The van der Waals surface area contributed by atoms with Gasteiger partial charge in [-0.25, -0.2) is 4.79 Å². The molecule has 2 heterocycles. The molecule has 14 nitrogen and oxygen atoms in total. The number of ketones is 2. The van der Waals surface area contributed by atoms with E-state index in [0.29, 0.717) is 43.9 Å². The molecule has 1 fully saturated rings. The van der Waals surface area contributed by atoms with Gasteiger partial charge in [0, 0.05) is 63.2 Å². The third-order valence-corrected chi connectivity index (χ3v) is 10.3. The van der Waals surface area contributed by atoms with Crippen molar-refractivity contribution in [2.24, 2.45) is 17.6 Å². The molecule has 0 saturated carbocycles. The SMILES string of the molecule is CO[C@H]1/C=C\C=C(/C)C(=O)NC2=C(c3ccc(N4CCOCC4)cc3)C(=O)C(NCCN(C)C)=C(C[C@@H](C)C[C@H](OC)[C@H](O)[C@@H](C)/C=C(\C)[C@@H]1OC(N)=O)C2=O. The fourth-order valence-corrected chi connectivity index (χ4v) is 7.19. The normalized spacial score (nSPS) is 28.7. The van der Waals surface area contributed by atoms with Crippen molar-refractivity contribution in [2.45, 2.75) is 65.0 Å². The maximum absolute atomic E-state index is 14.8. The van der Waals surface area contributed by atoms with Crippen molar-refractivity contribution in [3.8, 4) is 0 Å². The molecule has 56 heavy (non-hydrogen) atoms. The summed E-state index contributed by atoms with van der Waals surface area (Å²) in [7, 11) is 6.79. The topological polar surface area (TPSA) is 182 Å². The van der Waals surface area contributed by atoms with Crippen molar-refractivity contribution in [1.29, 1.82) is 0 Å². The number of anilines is 1. The van der Waals surface area contributed by atoms with E-state index in [1.54, 1.807) is 44.2 Å². The van der Waals surface area contributed by atoms with Gasteiger partial charge >= 0.3 is 6.09 Å². The highest BCUT2D eigenvalue weighted by molar-refractivity contribution is 6.39. The average molecular weight is 778 g/mol. The second kappa shape index (κ2) is 20.5. The van der Waals surface area contributed by atoms with E-state index >= 15 is 0 Å². The zero-order chi connectivity index (χ0) is 41.1. The van der Waals surface area contributed by atoms with Gasteiger partial charge in [-0.1, -0.05) is 50.3 Å². The maximum Gasteiger partial charge on any atom is 0.405 e. The first kappa shape index (κ1) is 44.1. The van der Waals surface area contributed by atoms with Gasteiger partial charge in [0.2, 0.25) is 11.6 Å². The lowest BCUT2D eigenvalue weighted by Gasteiger charge is -2.31. The number of fused-ring (bicyclic) bond motifs is 2. The minimum absolute atomic E-state index is 0.0846. The number of rotatable bonds is 9. The van der Waals surface area contributed by atoms with Crippen LogP contribution in [0.3, 0.4) is 0 Å². The lowest BCUT2D eigenvalue weighted by atomic mass is 9.81. The Morgan fingerprint density at radius 1 is 1.05 bits per heavy atom. The summed E-state index contributed by atoms with van der Waals surface area (Å²) in [5.74, 6) is -2.20. The minimum Gasteiger partial charge on any atom is -0.439 e. The number of aliphatic hydroxyl groups is 1. The second-order valence-electron chi connectivity index (χ2n) is 15.0. The molecule has 1 aliphatic carbocycles.